The molecule has 0 spiro atoms. The molecule has 0 aliphatic rings. The molecule has 320 valence electrons. The number of esters is 1. The largest absolute Gasteiger partial charge is 0.480 e. The Morgan fingerprint density at radius 3 is 1.22 bits per heavy atom. The molecule has 0 radical (unpaired) electrons. The lowest BCUT2D eigenvalue weighted by Gasteiger charge is -2.18. The van der Waals surface area contributed by atoms with E-state index in [9.17, 15) is 34.1 Å². The van der Waals surface area contributed by atoms with Crippen LogP contribution < -0.4 is 5.32 Å². The molecule has 0 heterocycles. The topological polar surface area (TPSA) is 169 Å². The Hall–Kier alpha value is -1.52. The number of unbranched alkanes of at least 4 members (excludes halogenated alkanes) is 28. The number of ether oxygens (including phenoxy) is 1. The van der Waals surface area contributed by atoms with Gasteiger partial charge in [-0.1, -0.05) is 194 Å². The number of aliphatic hydroxyl groups is 1. The lowest BCUT2D eigenvalue weighted by atomic mass is 10.0. The van der Waals surface area contributed by atoms with Crippen LogP contribution in [0.4, 0.5) is 0 Å². The number of rotatable bonds is 42. The summed E-state index contributed by atoms with van der Waals surface area (Å²) in [6.45, 7) is 2.59. The molecular weight excluding hydrogens is 709 g/mol. The predicted octanol–water partition coefficient (Wildman–Crippen LogP) is 11.1. The Morgan fingerprint density at radius 1 is 0.519 bits per heavy atom. The molecule has 3 atom stereocenters. The van der Waals surface area contributed by atoms with Crippen LogP contribution >= 0.6 is 7.82 Å². The van der Waals surface area contributed by atoms with Crippen molar-refractivity contribution in [2.75, 3.05) is 19.8 Å². The Labute approximate surface area is 329 Å². The number of aliphatic hydroxyl groups excluding tert-OH is 1. The maximum atomic E-state index is 12.3. The van der Waals surface area contributed by atoms with Gasteiger partial charge in [0.1, 0.15) is 12.7 Å². The van der Waals surface area contributed by atoms with Crippen molar-refractivity contribution in [2.24, 2.45) is 0 Å². The summed E-state index contributed by atoms with van der Waals surface area (Å²) in [6, 6.07) is -1.54. The fourth-order valence-corrected chi connectivity index (χ4v) is 7.21. The Balaban J connectivity index is 3.82. The molecule has 0 aromatic carbocycles. The van der Waals surface area contributed by atoms with Crippen molar-refractivity contribution < 1.29 is 47.8 Å². The normalized spacial score (nSPS) is 13.7. The standard InChI is InChI=1S/C42H82NO10P/c1-3-5-7-9-11-13-14-15-16-17-18-19-20-21-22-23-24-26-27-29-31-33-40(45)43-39(42(47)48)37-53-54(49,50)52-36-38(44)35-51-41(46)34-32-30-28-25-12-10-8-6-4-2/h38-39,44H,3-37H2,1-2H3,(H,43,45)(H,47,48)(H,49,50). The Morgan fingerprint density at radius 2 is 0.852 bits per heavy atom. The van der Waals surface area contributed by atoms with Crippen molar-refractivity contribution in [2.45, 2.75) is 231 Å². The van der Waals surface area contributed by atoms with Crippen molar-refractivity contribution in [3.05, 3.63) is 0 Å². The third-order valence-corrected chi connectivity index (χ3v) is 10.8. The average molecular weight is 792 g/mol. The van der Waals surface area contributed by atoms with Crippen molar-refractivity contribution in [3.63, 3.8) is 0 Å². The molecule has 0 saturated heterocycles. The van der Waals surface area contributed by atoms with Gasteiger partial charge in [0.05, 0.1) is 13.2 Å². The smallest absolute Gasteiger partial charge is 0.472 e. The van der Waals surface area contributed by atoms with Crippen molar-refractivity contribution >= 4 is 25.7 Å². The maximum Gasteiger partial charge on any atom is 0.472 e. The second-order valence-corrected chi connectivity index (χ2v) is 16.7. The first-order chi connectivity index (χ1) is 26.1. The number of amides is 1. The zero-order valence-corrected chi connectivity index (χ0v) is 35.4. The molecule has 0 aliphatic carbocycles. The monoisotopic (exact) mass is 792 g/mol. The number of carboxylic acid groups (broad SMARTS) is 1. The molecule has 3 unspecified atom stereocenters. The van der Waals surface area contributed by atoms with Crippen LogP contribution in [0.2, 0.25) is 0 Å². The molecule has 4 N–H and O–H groups in total. The van der Waals surface area contributed by atoms with Crippen LogP contribution in [0.15, 0.2) is 0 Å². The molecule has 0 aliphatic heterocycles. The molecule has 11 nitrogen and oxygen atoms in total. The molecule has 12 heteroatoms. The zero-order chi connectivity index (χ0) is 40.0. The fraction of sp³-hybridized carbons (Fsp3) is 0.929. The number of carboxylic acids is 1. The first kappa shape index (κ1) is 52.5. The summed E-state index contributed by atoms with van der Waals surface area (Å²) in [6.07, 6.45) is 35.7. The van der Waals surface area contributed by atoms with Crippen LogP contribution in [0.3, 0.4) is 0 Å². The minimum atomic E-state index is -4.74. The van der Waals surface area contributed by atoms with Crippen LogP contribution in [-0.2, 0) is 32.7 Å². The van der Waals surface area contributed by atoms with Crippen molar-refractivity contribution in [1.82, 2.24) is 5.32 Å². The predicted molar refractivity (Wildman–Crippen MR) is 217 cm³/mol. The first-order valence-electron chi connectivity index (χ1n) is 22.1. The Bertz CT molecular complexity index is 937. The third-order valence-electron chi connectivity index (χ3n) is 9.90. The van der Waals surface area contributed by atoms with E-state index < -0.39 is 57.6 Å². The van der Waals surface area contributed by atoms with Gasteiger partial charge < -0.3 is 25.2 Å². The molecular formula is C42H82NO10P. The van der Waals surface area contributed by atoms with Crippen molar-refractivity contribution in [3.8, 4) is 0 Å². The van der Waals surface area contributed by atoms with E-state index in [2.05, 4.69) is 19.2 Å². The first-order valence-corrected chi connectivity index (χ1v) is 23.6. The molecule has 0 aromatic heterocycles. The molecule has 0 fully saturated rings. The SMILES string of the molecule is CCCCCCCCCCCCCCCCCCCCCCCC(=O)NC(COP(=O)(O)OCC(O)COC(=O)CCCCCCCCCCC)C(=O)O. The highest BCUT2D eigenvalue weighted by Gasteiger charge is 2.28. The minimum absolute atomic E-state index is 0.153. The minimum Gasteiger partial charge on any atom is -0.480 e. The summed E-state index contributed by atoms with van der Waals surface area (Å²) in [7, 11) is -4.74. The van der Waals surface area contributed by atoms with E-state index in [1.54, 1.807) is 0 Å². The quantitative estimate of drug-likeness (QED) is 0.0265. The number of hydrogen-bond acceptors (Lipinski definition) is 8. The van der Waals surface area contributed by atoms with E-state index in [0.29, 0.717) is 12.8 Å². The van der Waals surface area contributed by atoms with Gasteiger partial charge in [0.25, 0.3) is 0 Å². The maximum absolute atomic E-state index is 12.3. The lowest BCUT2D eigenvalue weighted by Crippen LogP contribution is -2.43. The molecule has 0 aromatic rings. The van der Waals surface area contributed by atoms with E-state index in [4.69, 9.17) is 13.8 Å². The van der Waals surface area contributed by atoms with Crippen LogP contribution in [0.1, 0.15) is 219 Å². The number of carbonyl (C=O) groups excluding carboxylic acids is 2. The Kier molecular flexibility index (Phi) is 37.3. The number of nitrogens with one attached hydrogen (secondary N) is 1. The summed E-state index contributed by atoms with van der Waals surface area (Å²) >= 11 is 0. The molecule has 0 bridgehead atoms. The van der Waals surface area contributed by atoms with Crippen molar-refractivity contribution in [1.29, 1.82) is 0 Å². The van der Waals surface area contributed by atoms with Crippen LogP contribution in [0.25, 0.3) is 0 Å². The number of aliphatic carboxylic acids is 1. The van der Waals surface area contributed by atoms with Crippen LogP contribution in [0.5, 0.6) is 0 Å². The fourth-order valence-electron chi connectivity index (χ4n) is 6.43. The highest BCUT2D eigenvalue weighted by atomic mass is 31.2. The lowest BCUT2D eigenvalue weighted by molar-refractivity contribution is -0.147. The van der Waals surface area contributed by atoms with Gasteiger partial charge in [-0.05, 0) is 12.8 Å². The summed E-state index contributed by atoms with van der Waals surface area (Å²) in [4.78, 5) is 45.8. The van der Waals surface area contributed by atoms with Gasteiger partial charge in [-0.2, -0.15) is 0 Å². The van der Waals surface area contributed by atoms with Gasteiger partial charge in [-0.25, -0.2) is 9.36 Å². The summed E-state index contributed by atoms with van der Waals surface area (Å²) in [5.74, 6) is -2.36. The van der Waals surface area contributed by atoms with E-state index in [1.807, 2.05) is 0 Å². The van der Waals surface area contributed by atoms with Crippen LogP contribution in [0, 0.1) is 0 Å². The summed E-state index contributed by atoms with van der Waals surface area (Å²) < 4.78 is 26.7. The van der Waals surface area contributed by atoms with E-state index >= 15 is 0 Å². The van der Waals surface area contributed by atoms with Gasteiger partial charge in [-0.3, -0.25) is 18.6 Å². The van der Waals surface area contributed by atoms with E-state index in [0.717, 1.165) is 38.5 Å². The number of phosphoric ester groups is 1. The van der Waals surface area contributed by atoms with Gasteiger partial charge in [0.15, 0.2) is 6.04 Å². The van der Waals surface area contributed by atoms with Gasteiger partial charge in [0.2, 0.25) is 5.91 Å². The van der Waals surface area contributed by atoms with E-state index in [-0.39, 0.29) is 12.8 Å². The highest BCUT2D eigenvalue weighted by Crippen LogP contribution is 2.43. The second kappa shape index (κ2) is 38.4. The highest BCUT2D eigenvalue weighted by molar-refractivity contribution is 7.47. The zero-order valence-electron chi connectivity index (χ0n) is 34.6. The number of phosphoric acid groups is 1. The summed E-state index contributed by atoms with van der Waals surface area (Å²) in [5, 5.41) is 21.8. The van der Waals surface area contributed by atoms with Gasteiger partial charge in [-0.15, -0.1) is 0 Å². The third kappa shape index (κ3) is 37.4. The molecule has 0 rings (SSSR count). The van der Waals surface area contributed by atoms with Gasteiger partial charge >= 0.3 is 19.8 Å². The average Bonchev–Trinajstić information content (AvgIpc) is 3.14. The van der Waals surface area contributed by atoms with Crippen LogP contribution in [-0.4, -0.2) is 64.9 Å². The number of carbonyl (C=O) groups is 3. The molecule has 0 saturated carbocycles. The molecule has 54 heavy (non-hydrogen) atoms. The summed E-state index contributed by atoms with van der Waals surface area (Å²) in [5.41, 5.74) is 0. The van der Waals surface area contributed by atoms with E-state index in [1.165, 1.54) is 141 Å². The van der Waals surface area contributed by atoms with Gasteiger partial charge in [0, 0.05) is 12.8 Å². The molecule has 1 amide bonds. The second-order valence-electron chi connectivity index (χ2n) is 15.3. The number of hydrogen-bond donors (Lipinski definition) is 4.